The predicted octanol–water partition coefficient (Wildman–Crippen LogP) is 1.92. The average molecular weight is 323 g/mol. The highest BCUT2D eigenvalue weighted by Gasteiger charge is 2.38. The molecule has 4 heterocycles. The van der Waals surface area contributed by atoms with Gasteiger partial charge in [-0.3, -0.25) is 4.79 Å². The molecule has 2 aromatic rings. The van der Waals surface area contributed by atoms with E-state index in [1.165, 1.54) is 0 Å². The van der Waals surface area contributed by atoms with Gasteiger partial charge in [-0.15, -0.1) is 12.4 Å². The lowest BCUT2D eigenvalue weighted by Crippen LogP contribution is -2.42. The lowest BCUT2D eigenvalue weighted by molar-refractivity contribution is 0.0680. The van der Waals surface area contributed by atoms with Crippen LogP contribution in [-0.4, -0.2) is 46.1 Å². The fourth-order valence-electron chi connectivity index (χ4n) is 3.52. The van der Waals surface area contributed by atoms with Gasteiger partial charge < -0.3 is 14.7 Å². The second kappa shape index (κ2) is 5.85. The van der Waals surface area contributed by atoms with Crippen LogP contribution in [0.15, 0.2) is 16.8 Å². The zero-order valence-electron chi connectivity index (χ0n) is 12.4. The molecule has 2 aliphatic heterocycles. The molecule has 2 bridgehead atoms. The largest absolute Gasteiger partial charge is 0.336 e. The van der Waals surface area contributed by atoms with E-state index in [9.17, 15) is 4.79 Å². The van der Waals surface area contributed by atoms with Crippen molar-refractivity contribution in [2.24, 2.45) is 0 Å². The van der Waals surface area contributed by atoms with Gasteiger partial charge in [-0.1, -0.05) is 5.16 Å². The van der Waals surface area contributed by atoms with Gasteiger partial charge in [0.05, 0.1) is 16.6 Å². The van der Waals surface area contributed by atoms with E-state index in [0.717, 1.165) is 43.4 Å². The molecule has 0 spiro atoms. The first-order valence-electron chi connectivity index (χ1n) is 7.49. The Morgan fingerprint density at radius 1 is 1.36 bits per heavy atom. The highest BCUT2D eigenvalue weighted by Crippen LogP contribution is 2.30. The summed E-state index contributed by atoms with van der Waals surface area (Å²) in [5.41, 5.74) is 1.89. The van der Waals surface area contributed by atoms with Gasteiger partial charge in [-0.2, -0.15) is 0 Å². The van der Waals surface area contributed by atoms with Gasteiger partial charge in [-0.25, -0.2) is 4.98 Å². The molecule has 2 aromatic heterocycles. The summed E-state index contributed by atoms with van der Waals surface area (Å²) in [5, 5.41) is 8.13. The van der Waals surface area contributed by atoms with Crippen LogP contribution in [0.5, 0.6) is 0 Å². The summed E-state index contributed by atoms with van der Waals surface area (Å²) >= 11 is 0. The molecule has 0 saturated carbocycles. The summed E-state index contributed by atoms with van der Waals surface area (Å²) in [6.07, 6.45) is 4.84. The predicted molar refractivity (Wildman–Crippen MR) is 84.3 cm³/mol. The number of hydrogen-bond donors (Lipinski definition) is 1. The number of amides is 1. The van der Waals surface area contributed by atoms with E-state index in [1.807, 2.05) is 13.0 Å². The van der Waals surface area contributed by atoms with Crippen LogP contribution in [0.25, 0.3) is 11.1 Å². The van der Waals surface area contributed by atoms with E-state index in [2.05, 4.69) is 20.4 Å². The standard InChI is InChI=1S/C15H18N4O2.ClH/c1-9-13-6-10(7-17-14(13)21-18-9)15(20)19-11-2-3-12(19)8-16-5-4-11;/h6-7,11-12,16H,2-5,8H2,1H3;1H. The van der Waals surface area contributed by atoms with Gasteiger partial charge in [0.25, 0.3) is 11.6 Å². The smallest absolute Gasteiger partial charge is 0.257 e. The number of pyridine rings is 1. The highest BCUT2D eigenvalue weighted by molar-refractivity contribution is 5.97. The normalized spacial score (nSPS) is 24.1. The van der Waals surface area contributed by atoms with E-state index >= 15 is 0 Å². The van der Waals surface area contributed by atoms with Crippen LogP contribution >= 0.6 is 12.4 Å². The number of carbonyl (C=O) groups excluding carboxylic acids is 1. The minimum absolute atomic E-state index is 0. The molecule has 2 atom stereocenters. The third kappa shape index (κ3) is 2.36. The number of carbonyl (C=O) groups is 1. The van der Waals surface area contributed by atoms with Crippen LogP contribution in [0.1, 0.15) is 35.3 Å². The zero-order chi connectivity index (χ0) is 14.4. The van der Waals surface area contributed by atoms with Crippen molar-refractivity contribution in [2.45, 2.75) is 38.3 Å². The summed E-state index contributed by atoms with van der Waals surface area (Å²) < 4.78 is 5.11. The Bertz CT molecular complexity index is 688. The van der Waals surface area contributed by atoms with Gasteiger partial charge in [0.1, 0.15) is 0 Å². The molecule has 6 nitrogen and oxygen atoms in total. The molecule has 4 rings (SSSR count). The van der Waals surface area contributed by atoms with Crippen molar-refractivity contribution < 1.29 is 9.32 Å². The topological polar surface area (TPSA) is 71.3 Å². The Morgan fingerprint density at radius 3 is 3.05 bits per heavy atom. The molecule has 2 aliphatic rings. The first-order chi connectivity index (χ1) is 10.2. The average Bonchev–Trinajstić information content (AvgIpc) is 2.97. The first kappa shape index (κ1) is 15.2. The number of nitrogens with zero attached hydrogens (tertiary/aromatic N) is 3. The lowest BCUT2D eigenvalue weighted by atomic mass is 10.1. The molecule has 2 fully saturated rings. The highest BCUT2D eigenvalue weighted by atomic mass is 35.5. The number of fused-ring (bicyclic) bond motifs is 3. The molecule has 118 valence electrons. The van der Waals surface area contributed by atoms with Crippen LogP contribution in [0.2, 0.25) is 0 Å². The van der Waals surface area contributed by atoms with Crippen LogP contribution in [-0.2, 0) is 0 Å². The molecule has 7 heteroatoms. The van der Waals surface area contributed by atoms with Crippen LogP contribution in [0.3, 0.4) is 0 Å². The van der Waals surface area contributed by atoms with Gasteiger partial charge in [0.15, 0.2) is 0 Å². The Balaban J connectivity index is 0.00000144. The van der Waals surface area contributed by atoms with E-state index in [0.29, 0.717) is 23.4 Å². The molecule has 0 aliphatic carbocycles. The van der Waals surface area contributed by atoms with E-state index < -0.39 is 0 Å². The second-order valence-electron chi connectivity index (χ2n) is 5.93. The van der Waals surface area contributed by atoms with Crippen LogP contribution in [0, 0.1) is 6.92 Å². The fourth-order valence-corrected chi connectivity index (χ4v) is 3.52. The first-order valence-corrected chi connectivity index (χ1v) is 7.49. The van der Waals surface area contributed by atoms with Crippen molar-refractivity contribution in [3.05, 3.63) is 23.5 Å². The zero-order valence-corrected chi connectivity index (χ0v) is 13.2. The van der Waals surface area contributed by atoms with Gasteiger partial charge in [0, 0.05) is 24.8 Å². The van der Waals surface area contributed by atoms with Crippen molar-refractivity contribution in [1.82, 2.24) is 20.4 Å². The van der Waals surface area contributed by atoms with Crippen molar-refractivity contribution in [2.75, 3.05) is 13.1 Å². The summed E-state index contributed by atoms with van der Waals surface area (Å²) in [6, 6.07) is 2.52. The maximum absolute atomic E-state index is 12.9. The molecule has 2 unspecified atom stereocenters. The summed E-state index contributed by atoms with van der Waals surface area (Å²) in [7, 11) is 0. The molecular formula is C15H19ClN4O2. The molecule has 0 aromatic carbocycles. The third-order valence-corrected chi connectivity index (χ3v) is 4.65. The SMILES string of the molecule is Cc1noc2ncc(C(=O)N3C4CCNCC3CC4)cc12.Cl. The van der Waals surface area contributed by atoms with Crippen LogP contribution < -0.4 is 5.32 Å². The van der Waals surface area contributed by atoms with E-state index in [1.54, 1.807) is 6.20 Å². The number of aromatic nitrogens is 2. The summed E-state index contributed by atoms with van der Waals surface area (Å²) in [6.45, 7) is 3.75. The molecule has 2 saturated heterocycles. The van der Waals surface area contributed by atoms with E-state index in [-0.39, 0.29) is 18.3 Å². The monoisotopic (exact) mass is 322 g/mol. The van der Waals surface area contributed by atoms with Crippen molar-refractivity contribution in [3.8, 4) is 0 Å². The summed E-state index contributed by atoms with van der Waals surface area (Å²) in [4.78, 5) is 19.2. The number of aryl methyl sites for hydroxylation is 1. The number of hydrogen-bond acceptors (Lipinski definition) is 5. The number of halogens is 1. The number of nitrogens with one attached hydrogen (secondary N) is 1. The Kier molecular flexibility index (Phi) is 4.06. The molecule has 1 amide bonds. The molecule has 0 radical (unpaired) electrons. The van der Waals surface area contributed by atoms with Crippen LogP contribution in [0.4, 0.5) is 0 Å². The Hall–Kier alpha value is -1.66. The third-order valence-electron chi connectivity index (χ3n) is 4.65. The molecular weight excluding hydrogens is 304 g/mol. The lowest BCUT2D eigenvalue weighted by Gasteiger charge is -2.27. The second-order valence-corrected chi connectivity index (χ2v) is 5.93. The van der Waals surface area contributed by atoms with Crippen molar-refractivity contribution in [1.29, 1.82) is 0 Å². The van der Waals surface area contributed by atoms with Gasteiger partial charge >= 0.3 is 0 Å². The Morgan fingerprint density at radius 2 is 2.18 bits per heavy atom. The van der Waals surface area contributed by atoms with Crippen molar-refractivity contribution >= 4 is 29.4 Å². The minimum atomic E-state index is 0. The minimum Gasteiger partial charge on any atom is -0.336 e. The maximum Gasteiger partial charge on any atom is 0.257 e. The quantitative estimate of drug-likeness (QED) is 0.868. The number of rotatable bonds is 1. The molecule has 1 N–H and O–H groups in total. The van der Waals surface area contributed by atoms with Crippen molar-refractivity contribution in [3.63, 3.8) is 0 Å². The summed E-state index contributed by atoms with van der Waals surface area (Å²) in [5.74, 6) is 0.0844. The maximum atomic E-state index is 12.9. The Labute approximate surface area is 134 Å². The molecule has 22 heavy (non-hydrogen) atoms. The fraction of sp³-hybridized carbons (Fsp3) is 0.533. The van der Waals surface area contributed by atoms with Gasteiger partial charge in [0.2, 0.25) is 0 Å². The van der Waals surface area contributed by atoms with Gasteiger partial charge in [-0.05, 0) is 38.8 Å². The van der Waals surface area contributed by atoms with E-state index in [4.69, 9.17) is 4.52 Å².